The van der Waals surface area contributed by atoms with E-state index in [1.54, 1.807) is 0 Å². The second-order valence-corrected chi connectivity index (χ2v) is 2.43. The van der Waals surface area contributed by atoms with E-state index >= 15 is 0 Å². The average molecular weight is 226 g/mol. The third kappa shape index (κ3) is 1.83. The Hall–Kier alpha value is -0.820. The van der Waals surface area contributed by atoms with Crippen LogP contribution in [0.2, 0.25) is 0 Å². The molecule has 14 heavy (non-hydrogen) atoms. The highest BCUT2D eigenvalue weighted by Crippen LogP contribution is 2.47. The first kappa shape index (κ1) is 13.2. The van der Waals surface area contributed by atoms with Crippen molar-refractivity contribution in [2.75, 3.05) is 0 Å². The topological polar surface area (TPSA) is 17.1 Å². The quantitative estimate of drug-likeness (QED) is 0.661. The predicted molar refractivity (Wildman–Crippen MR) is 31.2 cm³/mol. The van der Waals surface area contributed by atoms with Crippen LogP contribution in [-0.2, 0) is 4.79 Å². The Morgan fingerprint density at radius 3 is 1.29 bits per heavy atom. The van der Waals surface area contributed by atoms with Crippen molar-refractivity contribution in [3.05, 3.63) is 0 Å². The van der Waals surface area contributed by atoms with Crippen LogP contribution >= 0.6 is 0 Å². The highest BCUT2D eigenvalue weighted by atomic mass is 19.4. The molecular formula is C6H5F7O. The molecule has 0 fully saturated rings. The highest BCUT2D eigenvalue weighted by Gasteiger charge is 2.76. The van der Waals surface area contributed by atoms with E-state index in [4.69, 9.17) is 0 Å². The monoisotopic (exact) mass is 226 g/mol. The third-order valence-corrected chi connectivity index (χ3v) is 1.49. The molecule has 0 saturated carbocycles. The molecule has 0 aromatic rings. The number of halogens is 7. The van der Waals surface area contributed by atoms with Crippen molar-refractivity contribution >= 4 is 5.78 Å². The molecule has 0 spiro atoms. The Balaban J connectivity index is 5.40. The Kier molecular flexibility index (Phi) is 3.19. The molecule has 0 rings (SSSR count). The molecule has 0 bridgehead atoms. The van der Waals surface area contributed by atoms with Gasteiger partial charge >= 0.3 is 18.0 Å². The van der Waals surface area contributed by atoms with Crippen molar-refractivity contribution in [2.24, 2.45) is 0 Å². The minimum atomic E-state index is -6.28. The van der Waals surface area contributed by atoms with E-state index < -0.39 is 30.2 Å². The molecular weight excluding hydrogens is 221 g/mol. The molecule has 0 atom stereocenters. The van der Waals surface area contributed by atoms with Crippen LogP contribution in [0.3, 0.4) is 0 Å². The van der Waals surface area contributed by atoms with Crippen molar-refractivity contribution < 1.29 is 35.5 Å². The fraction of sp³-hybridized carbons (Fsp3) is 0.833. The van der Waals surface area contributed by atoms with Gasteiger partial charge in [0.15, 0.2) is 5.78 Å². The summed E-state index contributed by atoms with van der Waals surface area (Å²) in [6.45, 7) is 0.716. The molecule has 84 valence electrons. The molecule has 0 aliphatic carbocycles. The zero-order chi connectivity index (χ0) is 11.8. The zero-order valence-electron chi connectivity index (χ0n) is 6.76. The summed E-state index contributed by atoms with van der Waals surface area (Å²) < 4.78 is 82.9. The number of hydrogen-bond acceptors (Lipinski definition) is 1. The van der Waals surface area contributed by atoms with Gasteiger partial charge in [-0.15, -0.1) is 0 Å². The van der Waals surface area contributed by atoms with Crippen LogP contribution < -0.4 is 0 Å². The van der Waals surface area contributed by atoms with E-state index in [-0.39, 0.29) is 0 Å². The Morgan fingerprint density at radius 2 is 1.21 bits per heavy atom. The molecule has 0 N–H and O–H groups in total. The van der Waals surface area contributed by atoms with Gasteiger partial charge in [-0.3, -0.25) is 4.79 Å². The van der Waals surface area contributed by atoms with E-state index in [0.29, 0.717) is 6.92 Å². The Labute approximate surface area is 73.9 Å². The molecule has 0 amide bonds. The molecule has 0 aromatic heterocycles. The molecule has 1 nitrogen and oxygen atoms in total. The van der Waals surface area contributed by atoms with Gasteiger partial charge in [0.2, 0.25) is 0 Å². The highest BCUT2D eigenvalue weighted by molar-refractivity contribution is 5.88. The number of hydrogen-bond donors (Lipinski definition) is 0. The standard InChI is InChI=1S/C6H5F7O/c1-2-3(14)4(7,5(8,9)10)6(11,12)13/h2H2,1H3. The Bertz CT molecular complexity index is 211. The number of alkyl halides is 7. The van der Waals surface area contributed by atoms with E-state index in [0.717, 1.165) is 0 Å². The van der Waals surface area contributed by atoms with Gasteiger partial charge in [0, 0.05) is 6.42 Å². The zero-order valence-corrected chi connectivity index (χ0v) is 6.76. The maximum Gasteiger partial charge on any atom is 0.439 e. The average Bonchev–Trinajstić information content (AvgIpc) is 1.97. The van der Waals surface area contributed by atoms with Gasteiger partial charge in [-0.1, -0.05) is 6.92 Å². The van der Waals surface area contributed by atoms with E-state index in [1.807, 2.05) is 0 Å². The summed E-state index contributed by atoms with van der Waals surface area (Å²) in [6, 6.07) is 0. The molecule has 0 aliphatic heterocycles. The maximum atomic E-state index is 12.6. The minimum Gasteiger partial charge on any atom is -0.295 e. The molecule has 0 radical (unpaired) electrons. The van der Waals surface area contributed by atoms with Crippen molar-refractivity contribution in [1.82, 2.24) is 0 Å². The van der Waals surface area contributed by atoms with E-state index in [2.05, 4.69) is 0 Å². The Morgan fingerprint density at radius 1 is 0.929 bits per heavy atom. The van der Waals surface area contributed by atoms with E-state index in [9.17, 15) is 35.5 Å². The summed E-state index contributed by atoms with van der Waals surface area (Å²) in [6.07, 6.45) is -13.7. The number of ketones is 1. The largest absolute Gasteiger partial charge is 0.439 e. The van der Waals surface area contributed by atoms with Gasteiger partial charge in [-0.2, -0.15) is 26.3 Å². The second kappa shape index (κ2) is 3.39. The number of carbonyl (C=O) groups is 1. The molecule has 0 aliphatic rings. The first-order valence-electron chi connectivity index (χ1n) is 3.34. The van der Waals surface area contributed by atoms with Crippen LogP contribution in [0.4, 0.5) is 30.7 Å². The minimum absolute atomic E-state index is 0.716. The number of Topliss-reactive ketones (excluding diaryl/α,β-unsaturated/α-hetero) is 1. The lowest BCUT2D eigenvalue weighted by molar-refractivity contribution is -0.325. The van der Waals surface area contributed by atoms with Gasteiger partial charge in [0.1, 0.15) is 0 Å². The van der Waals surface area contributed by atoms with Crippen molar-refractivity contribution in [3.63, 3.8) is 0 Å². The van der Waals surface area contributed by atoms with Crippen molar-refractivity contribution in [1.29, 1.82) is 0 Å². The smallest absolute Gasteiger partial charge is 0.295 e. The third-order valence-electron chi connectivity index (χ3n) is 1.49. The lowest BCUT2D eigenvalue weighted by Crippen LogP contribution is -2.58. The first-order chi connectivity index (χ1) is 5.98. The fourth-order valence-corrected chi connectivity index (χ4v) is 0.720. The summed E-state index contributed by atoms with van der Waals surface area (Å²) in [5, 5.41) is 0. The number of rotatable bonds is 2. The van der Waals surface area contributed by atoms with Crippen LogP contribution in [0.15, 0.2) is 0 Å². The summed E-state index contributed by atoms with van der Waals surface area (Å²) in [5.41, 5.74) is -5.76. The molecule has 0 unspecified atom stereocenters. The lowest BCUT2D eigenvalue weighted by Gasteiger charge is -2.27. The maximum absolute atomic E-state index is 12.6. The summed E-state index contributed by atoms with van der Waals surface area (Å²) in [5.74, 6) is -2.54. The summed E-state index contributed by atoms with van der Waals surface area (Å²) in [7, 11) is 0. The molecule has 8 heteroatoms. The van der Waals surface area contributed by atoms with Gasteiger partial charge in [-0.25, -0.2) is 4.39 Å². The SMILES string of the molecule is CCC(=O)C(F)(C(F)(F)F)C(F)(F)F. The molecule has 0 aromatic carbocycles. The first-order valence-corrected chi connectivity index (χ1v) is 3.34. The second-order valence-electron chi connectivity index (χ2n) is 2.43. The fourth-order valence-electron chi connectivity index (χ4n) is 0.720. The number of carbonyl (C=O) groups excluding carboxylic acids is 1. The summed E-state index contributed by atoms with van der Waals surface area (Å²) >= 11 is 0. The van der Waals surface area contributed by atoms with Crippen molar-refractivity contribution in [3.8, 4) is 0 Å². The van der Waals surface area contributed by atoms with Gasteiger partial charge in [-0.05, 0) is 0 Å². The predicted octanol–water partition coefficient (Wildman–Crippen LogP) is 2.80. The van der Waals surface area contributed by atoms with E-state index in [1.165, 1.54) is 0 Å². The van der Waals surface area contributed by atoms with Crippen LogP contribution in [0.5, 0.6) is 0 Å². The van der Waals surface area contributed by atoms with Gasteiger partial charge < -0.3 is 0 Å². The van der Waals surface area contributed by atoms with Gasteiger partial charge in [0.05, 0.1) is 0 Å². The van der Waals surface area contributed by atoms with Crippen LogP contribution in [0.25, 0.3) is 0 Å². The molecule has 0 heterocycles. The lowest BCUT2D eigenvalue weighted by atomic mass is 9.97. The van der Waals surface area contributed by atoms with Crippen LogP contribution in [0, 0.1) is 0 Å². The van der Waals surface area contributed by atoms with Crippen molar-refractivity contribution in [2.45, 2.75) is 31.4 Å². The van der Waals surface area contributed by atoms with Crippen LogP contribution in [0.1, 0.15) is 13.3 Å². The van der Waals surface area contributed by atoms with Gasteiger partial charge in [0.25, 0.3) is 0 Å². The summed E-state index contributed by atoms with van der Waals surface area (Å²) in [4.78, 5) is 10.3. The normalized spacial score (nSPS) is 14.3. The van der Waals surface area contributed by atoms with Crippen LogP contribution in [-0.4, -0.2) is 23.8 Å². The molecule has 0 saturated heterocycles.